The molecule has 0 unspecified atom stereocenters. The van der Waals surface area contributed by atoms with Gasteiger partial charge >= 0.3 is 5.88 Å². The number of benzene rings is 1. The molecular formula is C12H11NO3. The second-order valence-electron chi connectivity index (χ2n) is 2.82. The summed E-state index contributed by atoms with van der Waals surface area (Å²) in [7, 11) is 0. The molecule has 1 aromatic heterocycles. The van der Waals surface area contributed by atoms with E-state index < -0.39 is 4.92 Å². The smallest absolute Gasteiger partial charge is 0.409 e. The van der Waals surface area contributed by atoms with Crippen LogP contribution in [0, 0.1) is 10.1 Å². The van der Waals surface area contributed by atoms with Crippen molar-refractivity contribution >= 4 is 12.0 Å². The molecule has 82 valence electrons. The van der Waals surface area contributed by atoms with Crippen LogP contribution in [0.5, 0.6) is 0 Å². The molecule has 0 bridgehead atoms. The van der Waals surface area contributed by atoms with Crippen molar-refractivity contribution in [2.45, 2.75) is 0 Å². The van der Waals surface area contributed by atoms with Gasteiger partial charge in [-0.25, -0.2) is 0 Å². The van der Waals surface area contributed by atoms with E-state index in [-0.39, 0.29) is 5.88 Å². The maximum atomic E-state index is 9.77. The third kappa shape index (κ3) is 3.79. The molecule has 0 N–H and O–H groups in total. The molecule has 1 aromatic carbocycles. The third-order valence-corrected chi connectivity index (χ3v) is 1.72. The molecule has 1 heterocycles. The van der Waals surface area contributed by atoms with E-state index in [0.29, 0.717) is 0 Å². The lowest BCUT2D eigenvalue weighted by molar-refractivity contribution is -0.402. The summed E-state index contributed by atoms with van der Waals surface area (Å²) in [6, 6.07) is 12.8. The van der Waals surface area contributed by atoms with Gasteiger partial charge in [0.15, 0.2) is 0 Å². The Morgan fingerprint density at radius 2 is 1.88 bits per heavy atom. The van der Waals surface area contributed by atoms with Crippen molar-refractivity contribution in [2.75, 3.05) is 0 Å². The Labute approximate surface area is 93.0 Å². The summed E-state index contributed by atoms with van der Waals surface area (Å²) >= 11 is 0. The third-order valence-electron chi connectivity index (χ3n) is 1.72. The lowest BCUT2D eigenvalue weighted by Crippen LogP contribution is -1.81. The van der Waals surface area contributed by atoms with Gasteiger partial charge in [0.05, 0.1) is 12.3 Å². The Morgan fingerprint density at radius 3 is 2.19 bits per heavy atom. The minimum absolute atomic E-state index is 0.218. The molecule has 0 fully saturated rings. The van der Waals surface area contributed by atoms with Crippen molar-refractivity contribution in [3.63, 3.8) is 0 Å². The largest absolute Gasteiger partial charge is 0.432 e. The highest BCUT2D eigenvalue weighted by Crippen LogP contribution is 2.08. The Bertz CT molecular complexity index is 435. The Morgan fingerprint density at radius 1 is 1.19 bits per heavy atom. The van der Waals surface area contributed by atoms with E-state index in [1.165, 1.54) is 24.0 Å². The van der Waals surface area contributed by atoms with Gasteiger partial charge in [-0.1, -0.05) is 43.0 Å². The molecule has 0 saturated heterocycles. The monoisotopic (exact) mass is 217 g/mol. The average molecular weight is 217 g/mol. The number of rotatable bonds is 2. The molecule has 4 nitrogen and oxygen atoms in total. The van der Waals surface area contributed by atoms with E-state index in [0.717, 1.165) is 0 Å². The maximum absolute atomic E-state index is 9.77. The van der Waals surface area contributed by atoms with Gasteiger partial charge in [0.25, 0.3) is 0 Å². The maximum Gasteiger partial charge on any atom is 0.432 e. The van der Waals surface area contributed by atoms with Gasteiger partial charge in [-0.05, 0) is 11.6 Å². The zero-order chi connectivity index (χ0) is 11.8. The fourth-order valence-corrected chi connectivity index (χ4v) is 0.963. The summed E-state index contributed by atoms with van der Waals surface area (Å²) in [5.74, 6) is -0.218. The summed E-state index contributed by atoms with van der Waals surface area (Å²) in [5, 5.41) is 9.77. The summed E-state index contributed by atoms with van der Waals surface area (Å²) < 4.78 is 4.40. The van der Waals surface area contributed by atoms with Gasteiger partial charge in [-0.3, -0.25) is 10.1 Å². The second kappa shape index (κ2) is 6.19. The van der Waals surface area contributed by atoms with Gasteiger partial charge in [0.1, 0.15) is 4.92 Å². The molecule has 16 heavy (non-hydrogen) atoms. The van der Waals surface area contributed by atoms with E-state index in [9.17, 15) is 10.1 Å². The summed E-state index contributed by atoms with van der Waals surface area (Å²) in [5.41, 5.74) is 1.17. The van der Waals surface area contributed by atoms with Crippen LogP contribution in [-0.2, 0) is 0 Å². The molecule has 2 rings (SSSR count). The van der Waals surface area contributed by atoms with Crippen LogP contribution in [0.3, 0.4) is 0 Å². The van der Waals surface area contributed by atoms with E-state index in [1.807, 2.05) is 36.4 Å². The first-order valence-corrected chi connectivity index (χ1v) is 4.59. The highest BCUT2D eigenvalue weighted by molar-refractivity contribution is 5.45. The lowest BCUT2D eigenvalue weighted by atomic mass is 10.2. The quantitative estimate of drug-likeness (QED) is 0.571. The zero-order valence-corrected chi connectivity index (χ0v) is 8.58. The fraction of sp³-hybridized carbons (Fsp3) is 0. The van der Waals surface area contributed by atoms with Crippen molar-refractivity contribution in [3.8, 4) is 0 Å². The first kappa shape index (κ1) is 11.7. The van der Waals surface area contributed by atoms with Crippen LogP contribution in [0.15, 0.2) is 59.7 Å². The number of nitrogens with zero attached hydrogens (tertiary/aromatic N) is 1. The number of hydrogen-bond donors (Lipinski definition) is 0. The lowest BCUT2D eigenvalue weighted by Gasteiger charge is -1.85. The summed E-state index contributed by atoms with van der Waals surface area (Å²) in [6.45, 7) is 3.63. The molecular weight excluding hydrogens is 206 g/mol. The van der Waals surface area contributed by atoms with E-state index in [4.69, 9.17) is 0 Å². The van der Waals surface area contributed by atoms with Crippen molar-refractivity contribution in [1.29, 1.82) is 0 Å². The van der Waals surface area contributed by atoms with E-state index in [1.54, 1.807) is 0 Å². The van der Waals surface area contributed by atoms with Crippen LogP contribution in [-0.4, -0.2) is 4.92 Å². The summed E-state index contributed by atoms with van der Waals surface area (Å²) in [6.07, 6.45) is 3.10. The van der Waals surface area contributed by atoms with E-state index >= 15 is 0 Å². The zero-order valence-electron chi connectivity index (χ0n) is 8.58. The molecule has 4 heteroatoms. The Balaban J connectivity index is 0.000000160. The van der Waals surface area contributed by atoms with Crippen LogP contribution >= 0.6 is 0 Å². The van der Waals surface area contributed by atoms with Crippen LogP contribution in [0.1, 0.15) is 5.56 Å². The molecule has 0 amide bonds. The second-order valence-corrected chi connectivity index (χ2v) is 2.82. The molecule has 0 aliphatic carbocycles. The van der Waals surface area contributed by atoms with Gasteiger partial charge in [-0.2, -0.15) is 0 Å². The van der Waals surface area contributed by atoms with Crippen LogP contribution in [0.2, 0.25) is 0 Å². The normalized spacial score (nSPS) is 8.75. The molecule has 0 radical (unpaired) electrons. The number of hydrogen-bond acceptors (Lipinski definition) is 3. The first-order valence-electron chi connectivity index (χ1n) is 4.59. The summed E-state index contributed by atoms with van der Waals surface area (Å²) in [4.78, 5) is 9.19. The number of nitro groups is 1. The number of furan rings is 1. The van der Waals surface area contributed by atoms with Crippen molar-refractivity contribution < 1.29 is 9.34 Å². The van der Waals surface area contributed by atoms with Crippen LogP contribution in [0.25, 0.3) is 6.08 Å². The average Bonchev–Trinajstić information content (AvgIpc) is 2.85. The molecule has 0 atom stereocenters. The van der Waals surface area contributed by atoms with Crippen molar-refractivity contribution in [1.82, 2.24) is 0 Å². The minimum Gasteiger partial charge on any atom is -0.409 e. The topological polar surface area (TPSA) is 56.3 Å². The molecule has 2 aromatic rings. The first-order chi connectivity index (χ1) is 7.74. The van der Waals surface area contributed by atoms with Gasteiger partial charge < -0.3 is 4.42 Å². The van der Waals surface area contributed by atoms with Gasteiger partial charge in [-0.15, -0.1) is 0 Å². The van der Waals surface area contributed by atoms with Crippen molar-refractivity contribution in [3.05, 3.63) is 71.0 Å². The Hall–Kier alpha value is -2.36. The predicted octanol–water partition coefficient (Wildman–Crippen LogP) is 3.52. The SMILES string of the molecule is C=Cc1ccccc1.O=[N+]([O-])c1ccco1. The molecule has 0 aliphatic heterocycles. The van der Waals surface area contributed by atoms with E-state index in [2.05, 4.69) is 11.0 Å². The predicted molar refractivity (Wildman–Crippen MR) is 61.9 cm³/mol. The highest BCUT2D eigenvalue weighted by Gasteiger charge is 2.04. The van der Waals surface area contributed by atoms with Gasteiger partial charge in [0.2, 0.25) is 0 Å². The van der Waals surface area contributed by atoms with Crippen molar-refractivity contribution in [2.24, 2.45) is 0 Å². The molecule has 0 aliphatic rings. The molecule has 0 saturated carbocycles. The van der Waals surface area contributed by atoms with Crippen LogP contribution in [0.4, 0.5) is 5.88 Å². The highest BCUT2D eigenvalue weighted by atomic mass is 16.6. The Kier molecular flexibility index (Phi) is 4.53. The standard InChI is InChI=1S/C8H8.C4H3NO3/c1-2-8-6-4-3-5-7-8;6-5(7)4-2-1-3-8-4/h2-7H,1H2;1-3H. The van der Waals surface area contributed by atoms with Crippen LogP contribution < -0.4 is 0 Å². The molecule has 0 spiro atoms. The fourth-order valence-electron chi connectivity index (χ4n) is 0.963. The van der Waals surface area contributed by atoms with Gasteiger partial charge in [0, 0.05) is 0 Å². The minimum atomic E-state index is -0.583.